The van der Waals surface area contributed by atoms with Gasteiger partial charge in [-0.3, -0.25) is 14.3 Å². The van der Waals surface area contributed by atoms with Crippen LogP contribution in [-0.4, -0.2) is 52.1 Å². The highest BCUT2D eigenvalue weighted by Gasteiger charge is 2.36. The summed E-state index contributed by atoms with van der Waals surface area (Å²) in [7, 11) is -2.68. The highest BCUT2D eigenvalue weighted by Crippen LogP contribution is 2.30. The molecule has 1 atom stereocenters. The number of aryl methyl sites for hydroxylation is 1. The molecule has 1 saturated heterocycles. The van der Waals surface area contributed by atoms with Crippen molar-refractivity contribution in [2.75, 3.05) is 11.9 Å². The van der Waals surface area contributed by atoms with Gasteiger partial charge in [0.25, 0.3) is 5.91 Å². The zero-order chi connectivity index (χ0) is 24.4. The number of piperidine rings is 1. The van der Waals surface area contributed by atoms with Crippen LogP contribution in [0.1, 0.15) is 48.3 Å². The molecule has 9 nitrogen and oxygen atoms in total. The van der Waals surface area contributed by atoms with Crippen LogP contribution in [0.25, 0.3) is 0 Å². The Bertz CT molecular complexity index is 1130. The van der Waals surface area contributed by atoms with Gasteiger partial charge in [0.2, 0.25) is 10.0 Å². The van der Waals surface area contributed by atoms with E-state index in [9.17, 15) is 31.2 Å². The Hall–Kier alpha value is -2.93. The van der Waals surface area contributed by atoms with Gasteiger partial charge in [-0.25, -0.2) is 8.42 Å². The zero-order valence-corrected chi connectivity index (χ0v) is 18.5. The summed E-state index contributed by atoms with van der Waals surface area (Å²) < 4.78 is 66.8. The van der Waals surface area contributed by atoms with E-state index in [2.05, 4.69) is 10.4 Å². The minimum Gasteiger partial charge on any atom is -0.481 e. The van der Waals surface area contributed by atoms with Crippen LogP contribution in [0.3, 0.4) is 0 Å². The molecule has 1 aliphatic heterocycles. The molecule has 0 saturated carbocycles. The van der Waals surface area contributed by atoms with Crippen molar-refractivity contribution in [3.05, 3.63) is 41.7 Å². The summed E-state index contributed by atoms with van der Waals surface area (Å²) in [5.41, 5.74) is -1.32. The van der Waals surface area contributed by atoms with E-state index in [1.807, 2.05) is 0 Å². The number of carbonyl (C=O) groups is 2. The maximum absolute atomic E-state index is 13.1. The molecule has 0 radical (unpaired) electrons. The highest BCUT2D eigenvalue weighted by atomic mass is 32.2. The standard InChI is InChI=1S/C20H23F3N4O5S/c1-26-16(12-17(25-26)20(21,22)23)19(30)24-13-5-8-15(9-6-13)33(31,32)27-11-3-2-4-14(27)7-10-18(28)29/h5-6,8-9,12,14H,2-4,7,10-11H2,1H3,(H,24,30)(H,28,29). The van der Waals surface area contributed by atoms with Crippen molar-refractivity contribution in [1.29, 1.82) is 0 Å². The first-order chi connectivity index (χ1) is 15.4. The Morgan fingerprint density at radius 3 is 2.45 bits per heavy atom. The number of sulfonamides is 1. The average molecular weight is 488 g/mol. The van der Waals surface area contributed by atoms with Gasteiger partial charge in [0.05, 0.1) is 4.90 Å². The van der Waals surface area contributed by atoms with Crippen LogP contribution in [0.4, 0.5) is 18.9 Å². The Kier molecular flexibility index (Phi) is 7.12. The van der Waals surface area contributed by atoms with Crippen LogP contribution in [0.15, 0.2) is 35.2 Å². The normalized spacial score (nSPS) is 17.6. The number of amides is 1. The van der Waals surface area contributed by atoms with Crippen LogP contribution in [0, 0.1) is 0 Å². The largest absolute Gasteiger partial charge is 0.481 e. The fourth-order valence-corrected chi connectivity index (χ4v) is 5.45. The number of nitrogens with zero attached hydrogens (tertiary/aromatic N) is 3. The second-order valence-corrected chi connectivity index (χ2v) is 9.60. The lowest BCUT2D eigenvalue weighted by Crippen LogP contribution is -2.43. The maximum atomic E-state index is 13.1. The van der Waals surface area contributed by atoms with Gasteiger partial charge in [-0.05, 0) is 43.5 Å². The molecule has 1 aromatic heterocycles. The summed E-state index contributed by atoms with van der Waals surface area (Å²) >= 11 is 0. The van der Waals surface area contributed by atoms with Gasteiger partial charge < -0.3 is 10.4 Å². The summed E-state index contributed by atoms with van der Waals surface area (Å²) in [4.78, 5) is 23.2. The molecule has 2 aromatic rings. The highest BCUT2D eigenvalue weighted by molar-refractivity contribution is 7.89. The van der Waals surface area contributed by atoms with E-state index in [-0.39, 0.29) is 35.7 Å². The SMILES string of the molecule is Cn1nc(C(F)(F)F)cc1C(=O)Nc1ccc(S(=O)(=O)N2CCCCC2CCC(=O)O)cc1. The summed E-state index contributed by atoms with van der Waals surface area (Å²) in [5.74, 6) is -1.82. The Morgan fingerprint density at radius 2 is 1.88 bits per heavy atom. The second kappa shape index (κ2) is 9.51. The first-order valence-corrected chi connectivity index (χ1v) is 11.6. The number of carboxylic acid groups (broad SMARTS) is 1. The predicted octanol–water partition coefficient (Wildman–Crippen LogP) is 3.10. The molecule has 1 amide bonds. The van der Waals surface area contributed by atoms with Gasteiger partial charge in [0.1, 0.15) is 5.69 Å². The molecule has 1 fully saturated rings. The lowest BCUT2D eigenvalue weighted by Gasteiger charge is -2.34. The summed E-state index contributed by atoms with van der Waals surface area (Å²) in [6.45, 7) is 0.285. The van der Waals surface area contributed by atoms with Gasteiger partial charge in [0.15, 0.2) is 5.69 Å². The van der Waals surface area contributed by atoms with Crippen molar-refractivity contribution < 1.29 is 36.3 Å². The van der Waals surface area contributed by atoms with Crippen LogP contribution in [0.2, 0.25) is 0 Å². The Morgan fingerprint density at radius 1 is 1.21 bits per heavy atom. The van der Waals surface area contributed by atoms with E-state index in [4.69, 9.17) is 5.11 Å². The van der Waals surface area contributed by atoms with Crippen LogP contribution < -0.4 is 5.32 Å². The molecule has 13 heteroatoms. The average Bonchev–Trinajstić information content (AvgIpc) is 3.15. The number of rotatable bonds is 7. The van der Waals surface area contributed by atoms with E-state index in [1.165, 1.54) is 35.6 Å². The van der Waals surface area contributed by atoms with E-state index >= 15 is 0 Å². The number of hydrogen-bond acceptors (Lipinski definition) is 5. The van der Waals surface area contributed by atoms with E-state index in [0.717, 1.165) is 11.1 Å². The number of carboxylic acids is 1. The van der Waals surface area contributed by atoms with Crippen molar-refractivity contribution in [3.63, 3.8) is 0 Å². The quantitative estimate of drug-likeness (QED) is 0.618. The number of benzene rings is 1. The number of carbonyl (C=O) groups excluding carboxylic acids is 1. The maximum Gasteiger partial charge on any atom is 0.435 e. The lowest BCUT2D eigenvalue weighted by atomic mass is 10.0. The molecule has 1 aliphatic rings. The molecule has 180 valence electrons. The topological polar surface area (TPSA) is 122 Å². The Labute approximate surface area is 188 Å². The van der Waals surface area contributed by atoms with Crippen LogP contribution >= 0.6 is 0 Å². The number of aliphatic carboxylic acids is 1. The molecule has 0 spiro atoms. The molecule has 2 N–H and O–H groups in total. The molecular weight excluding hydrogens is 465 g/mol. The number of alkyl halides is 3. The third-order valence-electron chi connectivity index (χ3n) is 5.39. The number of anilines is 1. The predicted molar refractivity (Wildman–Crippen MR) is 111 cm³/mol. The van der Waals surface area contributed by atoms with E-state index in [0.29, 0.717) is 18.9 Å². The lowest BCUT2D eigenvalue weighted by molar-refractivity contribution is -0.141. The molecule has 1 aromatic carbocycles. The van der Waals surface area contributed by atoms with Crippen molar-refractivity contribution in [2.24, 2.45) is 7.05 Å². The number of halogens is 3. The summed E-state index contributed by atoms with van der Waals surface area (Å²) in [5, 5.41) is 14.6. The third kappa shape index (κ3) is 5.71. The molecule has 2 heterocycles. The summed E-state index contributed by atoms with van der Waals surface area (Å²) in [6.07, 6.45) is -2.56. The Balaban J connectivity index is 1.74. The monoisotopic (exact) mass is 488 g/mol. The van der Waals surface area contributed by atoms with Gasteiger partial charge in [-0.1, -0.05) is 6.42 Å². The van der Waals surface area contributed by atoms with E-state index < -0.39 is 39.8 Å². The third-order valence-corrected chi connectivity index (χ3v) is 7.35. The molecule has 3 rings (SSSR count). The van der Waals surface area contributed by atoms with Gasteiger partial charge in [-0.15, -0.1) is 0 Å². The second-order valence-electron chi connectivity index (χ2n) is 7.71. The fourth-order valence-electron chi connectivity index (χ4n) is 3.73. The molecule has 1 unspecified atom stereocenters. The van der Waals surface area contributed by atoms with E-state index in [1.54, 1.807) is 0 Å². The summed E-state index contributed by atoms with van der Waals surface area (Å²) in [6, 6.07) is 5.47. The first kappa shape index (κ1) is 24.7. The van der Waals surface area contributed by atoms with Crippen LogP contribution in [-0.2, 0) is 28.0 Å². The first-order valence-electron chi connectivity index (χ1n) is 10.2. The molecule has 0 bridgehead atoms. The van der Waals surface area contributed by atoms with Crippen molar-refractivity contribution in [2.45, 2.75) is 49.2 Å². The van der Waals surface area contributed by atoms with Crippen molar-refractivity contribution in [1.82, 2.24) is 14.1 Å². The van der Waals surface area contributed by atoms with Gasteiger partial charge in [-0.2, -0.15) is 22.6 Å². The van der Waals surface area contributed by atoms with Gasteiger partial charge in [0, 0.05) is 37.8 Å². The molecular formula is C20H23F3N4O5S. The van der Waals surface area contributed by atoms with Crippen molar-refractivity contribution in [3.8, 4) is 0 Å². The van der Waals surface area contributed by atoms with Gasteiger partial charge >= 0.3 is 12.1 Å². The van der Waals surface area contributed by atoms with Crippen LogP contribution in [0.5, 0.6) is 0 Å². The fraction of sp³-hybridized carbons (Fsp3) is 0.450. The number of hydrogen-bond donors (Lipinski definition) is 2. The molecule has 0 aliphatic carbocycles. The zero-order valence-electron chi connectivity index (χ0n) is 17.7. The smallest absolute Gasteiger partial charge is 0.435 e. The number of aromatic nitrogens is 2. The number of nitrogens with one attached hydrogen (secondary N) is 1. The van der Waals surface area contributed by atoms with Crippen molar-refractivity contribution >= 4 is 27.6 Å². The minimum atomic E-state index is -4.69. The molecule has 33 heavy (non-hydrogen) atoms. The minimum absolute atomic E-state index is 0.0254.